The van der Waals surface area contributed by atoms with Gasteiger partial charge in [-0.05, 0) is 39.2 Å². The van der Waals surface area contributed by atoms with Crippen LogP contribution < -0.4 is 5.32 Å². The lowest BCUT2D eigenvalue weighted by molar-refractivity contribution is -0.101. The van der Waals surface area contributed by atoms with Crippen LogP contribution in [0.25, 0.3) is 0 Å². The molecule has 1 unspecified atom stereocenters. The molecule has 1 heterocycles. The molecule has 0 aliphatic heterocycles. The van der Waals surface area contributed by atoms with Crippen molar-refractivity contribution in [3.63, 3.8) is 0 Å². The topological polar surface area (TPSA) is 39.1 Å². The summed E-state index contributed by atoms with van der Waals surface area (Å²) in [7, 11) is 1.81. The predicted molar refractivity (Wildman–Crippen MR) is 77.5 cm³/mol. The fraction of sp³-hybridized carbons (Fsp3) is 0.786. The number of nitrogens with one attached hydrogen (secondary N) is 1. The fourth-order valence-corrected chi connectivity index (χ4v) is 3.12. The van der Waals surface area contributed by atoms with Gasteiger partial charge >= 0.3 is 0 Å². The molecule has 1 aromatic heterocycles. The third-order valence-corrected chi connectivity index (χ3v) is 4.43. The van der Waals surface area contributed by atoms with Gasteiger partial charge in [0.1, 0.15) is 0 Å². The summed E-state index contributed by atoms with van der Waals surface area (Å²) in [4.78, 5) is 0. The van der Waals surface area contributed by atoms with Crippen molar-refractivity contribution in [2.75, 3.05) is 13.7 Å². The lowest BCUT2D eigenvalue weighted by Gasteiger charge is -2.47. The van der Waals surface area contributed by atoms with Crippen molar-refractivity contribution in [1.29, 1.82) is 0 Å². The molecule has 1 aromatic rings. The largest absolute Gasteiger partial charge is 0.376 e. The van der Waals surface area contributed by atoms with Gasteiger partial charge in [0.15, 0.2) is 0 Å². The molecule has 1 N–H and O–H groups in total. The van der Waals surface area contributed by atoms with E-state index in [4.69, 9.17) is 16.3 Å². The van der Waals surface area contributed by atoms with Crippen LogP contribution in [0.5, 0.6) is 0 Å². The molecule has 0 radical (unpaired) electrons. The normalized spacial score (nSPS) is 19.2. The SMILES string of the molecule is CCCNC(c1c(Cl)cnn1CC)C1(OC)CCC1. The minimum Gasteiger partial charge on any atom is -0.376 e. The number of aryl methyl sites for hydroxylation is 1. The van der Waals surface area contributed by atoms with Gasteiger partial charge in [-0.3, -0.25) is 4.68 Å². The Labute approximate surface area is 120 Å². The van der Waals surface area contributed by atoms with Crippen molar-refractivity contribution in [2.45, 2.75) is 57.7 Å². The molecule has 0 spiro atoms. The highest BCUT2D eigenvalue weighted by Gasteiger charge is 2.46. The van der Waals surface area contributed by atoms with Crippen LogP contribution in [-0.4, -0.2) is 29.0 Å². The Morgan fingerprint density at radius 1 is 1.53 bits per heavy atom. The van der Waals surface area contributed by atoms with E-state index in [1.54, 1.807) is 13.3 Å². The van der Waals surface area contributed by atoms with Gasteiger partial charge in [0.05, 0.1) is 28.6 Å². The molecule has 0 bridgehead atoms. The van der Waals surface area contributed by atoms with Crippen LogP contribution in [-0.2, 0) is 11.3 Å². The van der Waals surface area contributed by atoms with E-state index < -0.39 is 0 Å². The van der Waals surface area contributed by atoms with Crippen molar-refractivity contribution in [1.82, 2.24) is 15.1 Å². The molecule has 5 heteroatoms. The molecule has 1 fully saturated rings. The van der Waals surface area contributed by atoms with Crippen molar-refractivity contribution < 1.29 is 4.74 Å². The van der Waals surface area contributed by atoms with E-state index in [2.05, 4.69) is 24.3 Å². The highest BCUT2D eigenvalue weighted by atomic mass is 35.5. The predicted octanol–water partition coefficient (Wildman–Crippen LogP) is 3.17. The molecule has 1 saturated carbocycles. The van der Waals surface area contributed by atoms with E-state index in [9.17, 15) is 0 Å². The maximum atomic E-state index is 6.36. The third kappa shape index (κ3) is 2.67. The van der Waals surface area contributed by atoms with E-state index in [0.29, 0.717) is 0 Å². The van der Waals surface area contributed by atoms with Crippen molar-refractivity contribution in [3.05, 3.63) is 16.9 Å². The van der Waals surface area contributed by atoms with Gasteiger partial charge < -0.3 is 10.1 Å². The second kappa shape index (κ2) is 6.25. The van der Waals surface area contributed by atoms with Crippen molar-refractivity contribution in [2.24, 2.45) is 0 Å². The molecule has 1 atom stereocenters. The average molecular weight is 286 g/mol. The number of rotatable bonds is 7. The minimum absolute atomic E-state index is 0.119. The second-order valence-corrected chi connectivity index (χ2v) is 5.61. The summed E-state index contributed by atoms with van der Waals surface area (Å²) in [6.07, 6.45) is 6.21. The molecular formula is C14H24ClN3O. The zero-order chi connectivity index (χ0) is 13.9. The molecular weight excluding hydrogens is 262 g/mol. The summed E-state index contributed by atoms with van der Waals surface area (Å²) in [5.74, 6) is 0. The van der Waals surface area contributed by atoms with Gasteiger partial charge in [-0.1, -0.05) is 18.5 Å². The molecule has 2 rings (SSSR count). The highest BCUT2D eigenvalue weighted by Crippen LogP contribution is 2.46. The van der Waals surface area contributed by atoms with Crippen molar-refractivity contribution in [3.8, 4) is 0 Å². The van der Waals surface area contributed by atoms with Gasteiger partial charge in [0.25, 0.3) is 0 Å². The van der Waals surface area contributed by atoms with Crippen LogP contribution in [0.4, 0.5) is 0 Å². The van der Waals surface area contributed by atoms with Crippen LogP contribution in [0.15, 0.2) is 6.20 Å². The first-order valence-electron chi connectivity index (χ1n) is 7.18. The summed E-state index contributed by atoms with van der Waals surface area (Å²) in [5, 5.41) is 8.70. The number of aromatic nitrogens is 2. The molecule has 0 saturated heterocycles. The zero-order valence-electron chi connectivity index (χ0n) is 12.1. The van der Waals surface area contributed by atoms with E-state index in [-0.39, 0.29) is 11.6 Å². The smallest absolute Gasteiger partial charge is 0.0888 e. The van der Waals surface area contributed by atoms with E-state index in [1.165, 1.54) is 6.42 Å². The van der Waals surface area contributed by atoms with Gasteiger partial charge in [0.2, 0.25) is 0 Å². The van der Waals surface area contributed by atoms with Crippen LogP contribution in [0.3, 0.4) is 0 Å². The molecule has 0 amide bonds. The van der Waals surface area contributed by atoms with Gasteiger partial charge in [-0.2, -0.15) is 5.10 Å². The summed E-state index contributed by atoms with van der Waals surface area (Å²) in [5.41, 5.74) is 0.949. The van der Waals surface area contributed by atoms with Crippen LogP contribution >= 0.6 is 11.6 Å². The summed E-state index contributed by atoms with van der Waals surface area (Å²) in [6, 6.07) is 0.126. The maximum absolute atomic E-state index is 6.36. The Hall–Kier alpha value is -0.580. The molecule has 19 heavy (non-hydrogen) atoms. The first kappa shape index (κ1) is 14.8. The number of hydrogen-bond donors (Lipinski definition) is 1. The summed E-state index contributed by atoms with van der Waals surface area (Å²) in [6.45, 7) is 6.04. The van der Waals surface area contributed by atoms with Crippen molar-refractivity contribution >= 4 is 11.6 Å². The van der Waals surface area contributed by atoms with Crippen LogP contribution in [0, 0.1) is 0 Å². The Kier molecular flexibility index (Phi) is 4.87. The number of hydrogen-bond acceptors (Lipinski definition) is 3. The second-order valence-electron chi connectivity index (χ2n) is 5.20. The lowest BCUT2D eigenvalue weighted by atomic mass is 9.73. The van der Waals surface area contributed by atoms with E-state index in [0.717, 1.165) is 43.1 Å². The van der Waals surface area contributed by atoms with E-state index >= 15 is 0 Å². The Morgan fingerprint density at radius 3 is 2.74 bits per heavy atom. The van der Waals surface area contributed by atoms with Gasteiger partial charge in [-0.25, -0.2) is 0 Å². The standard InChI is InChI=1S/C14H24ClN3O/c1-4-9-16-13(14(19-3)7-6-8-14)12-11(15)10-17-18(12)5-2/h10,13,16H,4-9H2,1-3H3. The van der Waals surface area contributed by atoms with Crippen LogP contribution in [0.1, 0.15) is 51.3 Å². The minimum atomic E-state index is -0.119. The lowest BCUT2D eigenvalue weighted by Crippen LogP contribution is -2.51. The van der Waals surface area contributed by atoms with Crippen LogP contribution in [0.2, 0.25) is 5.02 Å². The summed E-state index contributed by atoms with van der Waals surface area (Å²) < 4.78 is 7.83. The number of ether oxygens (including phenoxy) is 1. The molecule has 4 nitrogen and oxygen atoms in total. The molecule has 108 valence electrons. The van der Waals surface area contributed by atoms with E-state index in [1.807, 2.05) is 4.68 Å². The van der Waals surface area contributed by atoms with Gasteiger partial charge in [-0.15, -0.1) is 0 Å². The monoisotopic (exact) mass is 285 g/mol. The Balaban J connectivity index is 2.33. The Morgan fingerprint density at radius 2 is 2.26 bits per heavy atom. The fourth-order valence-electron chi connectivity index (χ4n) is 2.87. The van der Waals surface area contributed by atoms with Gasteiger partial charge in [0, 0.05) is 13.7 Å². The molecule has 1 aliphatic carbocycles. The first-order valence-corrected chi connectivity index (χ1v) is 7.56. The third-order valence-electron chi connectivity index (χ3n) is 4.14. The summed E-state index contributed by atoms with van der Waals surface area (Å²) >= 11 is 6.36. The Bertz CT molecular complexity index is 409. The first-order chi connectivity index (χ1) is 9.18. The zero-order valence-corrected chi connectivity index (χ0v) is 12.8. The molecule has 0 aromatic carbocycles. The number of nitrogens with zero attached hydrogens (tertiary/aromatic N) is 2. The number of methoxy groups -OCH3 is 1. The maximum Gasteiger partial charge on any atom is 0.0888 e. The average Bonchev–Trinajstić information content (AvgIpc) is 2.73. The highest BCUT2D eigenvalue weighted by molar-refractivity contribution is 6.31. The number of halogens is 1. The quantitative estimate of drug-likeness (QED) is 0.836. The molecule has 1 aliphatic rings.